The van der Waals surface area contributed by atoms with E-state index in [4.69, 9.17) is 9.72 Å². The van der Waals surface area contributed by atoms with Gasteiger partial charge in [0.25, 0.3) is 15.9 Å². The third-order valence-corrected chi connectivity index (χ3v) is 8.83. The number of nitrogens with zero attached hydrogens (tertiary/aromatic N) is 1. The van der Waals surface area contributed by atoms with Gasteiger partial charge >= 0.3 is 0 Å². The van der Waals surface area contributed by atoms with E-state index < -0.39 is 10.0 Å². The number of hydrogen-bond acceptors (Lipinski definition) is 6. The zero-order valence-electron chi connectivity index (χ0n) is 22.6. The second kappa shape index (κ2) is 12.4. The smallest absolute Gasteiger partial charge is 0.261 e. The van der Waals surface area contributed by atoms with E-state index in [0.29, 0.717) is 16.4 Å². The van der Waals surface area contributed by atoms with E-state index in [1.54, 1.807) is 30.3 Å². The van der Waals surface area contributed by atoms with Crippen LogP contribution < -0.4 is 14.8 Å². The number of anilines is 2. The van der Waals surface area contributed by atoms with Gasteiger partial charge in [-0.2, -0.15) is 0 Å². The summed E-state index contributed by atoms with van der Waals surface area (Å²) in [5.41, 5.74) is 4.69. The lowest BCUT2D eigenvalue weighted by atomic mass is 10.0. The maximum atomic E-state index is 13.2. The third-order valence-electron chi connectivity index (χ3n) is 6.41. The first-order valence-electron chi connectivity index (χ1n) is 13.1. The number of aryl methyl sites for hydroxylation is 1. The molecule has 0 aliphatic carbocycles. The van der Waals surface area contributed by atoms with Gasteiger partial charge in [-0.1, -0.05) is 74.0 Å². The van der Waals surface area contributed by atoms with Crippen molar-refractivity contribution in [3.05, 3.63) is 114 Å². The largest absolute Gasteiger partial charge is 0.497 e. The highest BCUT2D eigenvalue weighted by atomic mass is 32.2. The molecule has 0 bridgehead atoms. The number of sulfonamides is 1. The normalized spacial score (nSPS) is 11.2. The Bertz CT molecular complexity index is 1750. The lowest BCUT2D eigenvalue weighted by Gasteiger charge is -2.10. The van der Waals surface area contributed by atoms with Gasteiger partial charge in [0.05, 0.1) is 17.7 Å². The van der Waals surface area contributed by atoms with Crippen molar-refractivity contribution in [3.63, 3.8) is 0 Å². The molecule has 5 aromatic rings. The zero-order chi connectivity index (χ0) is 28.8. The summed E-state index contributed by atoms with van der Waals surface area (Å²) in [7, 11) is -2.33. The molecular weight excluding hydrogens is 555 g/mol. The molecule has 0 saturated heterocycles. The molecule has 0 atom stereocenters. The van der Waals surface area contributed by atoms with Crippen LogP contribution in [0.3, 0.4) is 0 Å². The highest BCUT2D eigenvalue weighted by Crippen LogP contribution is 2.34. The molecule has 5 rings (SSSR count). The molecule has 0 unspecified atom stereocenters. The number of thiazole rings is 1. The molecule has 0 aliphatic rings. The molecule has 208 valence electrons. The van der Waals surface area contributed by atoms with Crippen molar-refractivity contribution in [1.29, 1.82) is 0 Å². The van der Waals surface area contributed by atoms with Crippen LogP contribution in [0, 0.1) is 0 Å². The Labute approximate surface area is 243 Å². The number of carbonyl (C=O) groups is 1. The molecule has 2 N–H and O–H groups in total. The fourth-order valence-electron chi connectivity index (χ4n) is 4.34. The van der Waals surface area contributed by atoms with Gasteiger partial charge in [0.2, 0.25) is 0 Å². The van der Waals surface area contributed by atoms with Crippen LogP contribution in [0.1, 0.15) is 28.6 Å². The van der Waals surface area contributed by atoms with Gasteiger partial charge in [-0.3, -0.25) is 14.8 Å². The van der Waals surface area contributed by atoms with E-state index in [0.717, 1.165) is 40.1 Å². The molecule has 1 amide bonds. The molecule has 0 spiro atoms. The summed E-state index contributed by atoms with van der Waals surface area (Å²) in [6.45, 7) is 2.11. The van der Waals surface area contributed by atoms with Crippen LogP contribution in [0.2, 0.25) is 0 Å². The predicted octanol–water partition coefficient (Wildman–Crippen LogP) is 7.49. The molecule has 9 heteroatoms. The molecular formula is C32H29N3O4S2. The number of aromatic nitrogens is 1. The maximum absolute atomic E-state index is 13.2. The van der Waals surface area contributed by atoms with Gasteiger partial charge in [0.15, 0.2) is 5.13 Å². The van der Waals surface area contributed by atoms with Crippen LogP contribution in [-0.2, 0) is 16.4 Å². The number of benzene rings is 4. The topological polar surface area (TPSA) is 97.4 Å². The average Bonchev–Trinajstić information content (AvgIpc) is 3.39. The Balaban J connectivity index is 1.33. The van der Waals surface area contributed by atoms with Crippen molar-refractivity contribution in [2.75, 3.05) is 17.1 Å². The summed E-state index contributed by atoms with van der Waals surface area (Å²) in [6, 6.07) is 30.9. The standard InChI is InChI=1S/C32H29N3O4S2/c1-3-8-29-30(24-15-13-23(14-16-24)22-9-5-4-6-10-22)33-32(40-29)34-31(36)25-11-7-12-26(21-25)35-41(37,38)28-19-17-27(39-2)18-20-28/h4-7,9-21,35H,3,8H2,1-2H3,(H,33,34,36). The number of nitrogens with one attached hydrogen (secondary N) is 2. The van der Waals surface area contributed by atoms with Crippen LogP contribution in [0.25, 0.3) is 22.4 Å². The number of ether oxygens (including phenoxy) is 1. The predicted molar refractivity (Wildman–Crippen MR) is 165 cm³/mol. The van der Waals surface area contributed by atoms with E-state index in [9.17, 15) is 13.2 Å². The number of carbonyl (C=O) groups excluding carboxylic acids is 1. The van der Waals surface area contributed by atoms with E-state index in [-0.39, 0.29) is 16.5 Å². The first-order chi connectivity index (χ1) is 19.9. The quantitative estimate of drug-likeness (QED) is 0.178. The fourth-order valence-corrected chi connectivity index (χ4v) is 6.47. The fraction of sp³-hybridized carbons (Fsp3) is 0.125. The van der Waals surface area contributed by atoms with Crippen molar-refractivity contribution >= 4 is 38.1 Å². The number of amides is 1. The Hall–Kier alpha value is -4.47. The molecule has 7 nitrogen and oxygen atoms in total. The van der Waals surface area contributed by atoms with Crippen LogP contribution in [0.5, 0.6) is 5.75 Å². The number of methoxy groups -OCH3 is 1. The Morgan fingerprint density at radius 1 is 0.854 bits per heavy atom. The van der Waals surface area contributed by atoms with E-state index in [1.165, 1.54) is 36.6 Å². The molecule has 0 saturated carbocycles. The first-order valence-corrected chi connectivity index (χ1v) is 15.4. The van der Waals surface area contributed by atoms with E-state index >= 15 is 0 Å². The van der Waals surface area contributed by atoms with Gasteiger partial charge < -0.3 is 4.74 Å². The second-order valence-electron chi connectivity index (χ2n) is 9.30. The highest BCUT2D eigenvalue weighted by molar-refractivity contribution is 7.92. The summed E-state index contributed by atoms with van der Waals surface area (Å²) in [4.78, 5) is 19.1. The number of hydrogen-bond donors (Lipinski definition) is 2. The van der Waals surface area contributed by atoms with Gasteiger partial charge in [-0.15, -0.1) is 11.3 Å². The van der Waals surface area contributed by atoms with Crippen LogP contribution in [0.15, 0.2) is 108 Å². The van der Waals surface area contributed by atoms with Crippen molar-refractivity contribution in [2.45, 2.75) is 24.7 Å². The SMILES string of the molecule is CCCc1sc(NC(=O)c2cccc(NS(=O)(=O)c3ccc(OC)cc3)c2)nc1-c1ccc(-c2ccccc2)cc1. The summed E-state index contributed by atoms with van der Waals surface area (Å²) in [5, 5.41) is 3.39. The maximum Gasteiger partial charge on any atom is 0.261 e. The molecule has 0 radical (unpaired) electrons. The molecule has 0 aliphatic heterocycles. The Morgan fingerprint density at radius 2 is 1.54 bits per heavy atom. The van der Waals surface area contributed by atoms with Crippen LogP contribution in [-0.4, -0.2) is 26.4 Å². The van der Waals surface area contributed by atoms with Crippen LogP contribution >= 0.6 is 11.3 Å². The first kappa shape index (κ1) is 28.1. The van der Waals surface area contributed by atoms with E-state index in [1.807, 2.05) is 18.2 Å². The molecule has 4 aromatic carbocycles. The lowest BCUT2D eigenvalue weighted by Crippen LogP contribution is -2.15. The highest BCUT2D eigenvalue weighted by Gasteiger charge is 2.18. The summed E-state index contributed by atoms with van der Waals surface area (Å²) in [5.74, 6) is 0.178. The van der Waals surface area contributed by atoms with Gasteiger partial charge in [-0.25, -0.2) is 13.4 Å². The van der Waals surface area contributed by atoms with Crippen LogP contribution in [0.4, 0.5) is 10.8 Å². The molecule has 41 heavy (non-hydrogen) atoms. The van der Waals surface area contributed by atoms with Crippen molar-refractivity contribution in [2.24, 2.45) is 0 Å². The average molecular weight is 584 g/mol. The summed E-state index contributed by atoms with van der Waals surface area (Å²) >= 11 is 1.45. The lowest BCUT2D eigenvalue weighted by molar-refractivity contribution is 0.102. The second-order valence-corrected chi connectivity index (χ2v) is 12.1. The minimum atomic E-state index is -3.85. The van der Waals surface area contributed by atoms with E-state index in [2.05, 4.69) is 53.4 Å². The third kappa shape index (κ3) is 6.65. The molecule has 0 fully saturated rings. The molecule has 1 aromatic heterocycles. The Kier molecular flexibility index (Phi) is 8.47. The Morgan fingerprint density at radius 3 is 2.22 bits per heavy atom. The van der Waals surface area contributed by atoms with Gasteiger partial charge in [0.1, 0.15) is 5.75 Å². The van der Waals surface area contributed by atoms with Gasteiger partial charge in [0, 0.05) is 21.7 Å². The monoisotopic (exact) mass is 583 g/mol. The molecule has 1 heterocycles. The summed E-state index contributed by atoms with van der Waals surface area (Å²) < 4.78 is 33.3. The number of rotatable bonds is 10. The summed E-state index contributed by atoms with van der Waals surface area (Å²) in [6.07, 6.45) is 1.78. The zero-order valence-corrected chi connectivity index (χ0v) is 24.3. The van der Waals surface area contributed by atoms with Crippen molar-refractivity contribution in [3.8, 4) is 28.1 Å². The van der Waals surface area contributed by atoms with Crippen molar-refractivity contribution < 1.29 is 17.9 Å². The minimum absolute atomic E-state index is 0.0868. The van der Waals surface area contributed by atoms with Crippen molar-refractivity contribution in [1.82, 2.24) is 4.98 Å². The minimum Gasteiger partial charge on any atom is -0.497 e. The van der Waals surface area contributed by atoms with Gasteiger partial charge in [-0.05, 0) is 60.0 Å².